The minimum absolute atomic E-state index is 0.124. The van der Waals surface area contributed by atoms with Gasteiger partial charge in [0.05, 0.1) is 24.2 Å². The monoisotopic (exact) mass is 355 g/mol. The highest BCUT2D eigenvalue weighted by atomic mass is 16.3. The van der Waals surface area contributed by atoms with Gasteiger partial charge in [-0.15, -0.1) is 0 Å². The molecule has 6 heteroatoms. The minimum Gasteiger partial charge on any atom is -0.395 e. The first kappa shape index (κ1) is 18.6. The van der Waals surface area contributed by atoms with E-state index < -0.39 is 0 Å². The summed E-state index contributed by atoms with van der Waals surface area (Å²) in [5, 5.41) is 9.49. The van der Waals surface area contributed by atoms with Gasteiger partial charge in [0.15, 0.2) is 0 Å². The van der Waals surface area contributed by atoms with Gasteiger partial charge in [0.1, 0.15) is 11.6 Å². The second-order valence-corrected chi connectivity index (χ2v) is 7.28. The fourth-order valence-corrected chi connectivity index (χ4v) is 3.23. The van der Waals surface area contributed by atoms with E-state index >= 15 is 0 Å². The minimum atomic E-state index is 0.124. The molecule has 0 spiro atoms. The number of fused-ring (bicyclic) bond motifs is 1. The number of imidazole rings is 2. The summed E-state index contributed by atoms with van der Waals surface area (Å²) in [6.07, 6.45) is 2.98. The zero-order chi connectivity index (χ0) is 18.5. The number of nitrogens with one attached hydrogen (secondary N) is 1. The van der Waals surface area contributed by atoms with E-state index in [9.17, 15) is 5.11 Å². The van der Waals surface area contributed by atoms with Crippen molar-refractivity contribution in [2.24, 2.45) is 5.92 Å². The second kappa shape index (κ2) is 8.47. The Balaban J connectivity index is 1.85. The number of hydrogen-bond donors (Lipinski definition) is 2. The van der Waals surface area contributed by atoms with Crippen LogP contribution in [0.1, 0.15) is 37.6 Å². The summed E-state index contributed by atoms with van der Waals surface area (Å²) >= 11 is 0. The lowest BCUT2D eigenvalue weighted by Crippen LogP contribution is -2.28. The highest BCUT2D eigenvalue weighted by molar-refractivity contribution is 5.75. The standard InChI is InChI=1S/C20H29N5O/c1-15(2)8-9-25-19-7-5-4-6-18(19)23-20(25)14-24(10-11-26)13-17-12-21-16(3)22-17/h4-7,12,15,26H,8-11,13-14H2,1-3H3,(H,21,22). The Hall–Kier alpha value is -2.18. The molecule has 0 fully saturated rings. The van der Waals surface area contributed by atoms with Gasteiger partial charge in [0.25, 0.3) is 0 Å². The summed E-state index contributed by atoms with van der Waals surface area (Å²) in [5.74, 6) is 2.61. The number of para-hydroxylation sites is 2. The number of aromatic amines is 1. The third-order valence-corrected chi connectivity index (χ3v) is 4.59. The molecule has 140 valence electrons. The average molecular weight is 355 g/mol. The third kappa shape index (κ3) is 4.51. The smallest absolute Gasteiger partial charge is 0.124 e. The zero-order valence-corrected chi connectivity index (χ0v) is 15.9. The van der Waals surface area contributed by atoms with E-state index in [2.05, 4.69) is 51.5 Å². The molecule has 0 saturated heterocycles. The largest absolute Gasteiger partial charge is 0.395 e. The Kier molecular flexibility index (Phi) is 6.06. The van der Waals surface area contributed by atoms with Crippen LogP contribution in [0.5, 0.6) is 0 Å². The molecule has 1 aromatic carbocycles. The molecule has 0 aliphatic carbocycles. The van der Waals surface area contributed by atoms with Gasteiger partial charge >= 0.3 is 0 Å². The second-order valence-electron chi connectivity index (χ2n) is 7.28. The number of aromatic nitrogens is 4. The summed E-state index contributed by atoms with van der Waals surface area (Å²) in [7, 11) is 0. The Morgan fingerprint density at radius 3 is 2.73 bits per heavy atom. The summed E-state index contributed by atoms with van der Waals surface area (Å²) in [6, 6.07) is 8.31. The Morgan fingerprint density at radius 2 is 2.04 bits per heavy atom. The quantitative estimate of drug-likeness (QED) is 0.619. The van der Waals surface area contributed by atoms with E-state index in [0.29, 0.717) is 19.0 Å². The van der Waals surface area contributed by atoms with Gasteiger partial charge < -0.3 is 14.7 Å². The number of hydrogen-bond acceptors (Lipinski definition) is 4. The Morgan fingerprint density at radius 1 is 1.23 bits per heavy atom. The molecule has 2 N–H and O–H groups in total. The van der Waals surface area contributed by atoms with Crippen molar-refractivity contribution in [1.82, 2.24) is 24.4 Å². The molecule has 3 aromatic rings. The predicted octanol–water partition coefficient (Wildman–Crippen LogP) is 3.11. The van der Waals surface area contributed by atoms with Crippen LogP contribution in [0.25, 0.3) is 11.0 Å². The first-order chi connectivity index (χ1) is 12.6. The molecule has 6 nitrogen and oxygen atoms in total. The van der Waals surface area contributed by atoms with Crippen LogP contribution in [0.2, 0.25) is 0 Å². The lowest BCUT2D eigenvalue weighted by molar-refractivity contribution is 0.178. The topological polar surface area (TPSA) is 70.0 Å². The molecule has 0 amide bonds. The van der Waals surface area contributed by atoms with Crippen LogP contribution in [-0.2, 0) is 19.6 Å². The van der Waals surface area contributed by atoms with Crippen LogP contribution in [-0.4, -0.2) is 42.7 Å². The van der Waals surface area contributed by atoms with Crippen molar-refractivity contribution in [3.8, 4) is 0 Å². The van der Waals surface area contributed by atoms with Crippen molar-refractivity contribution < 1.29 is 5.11 Å². The number of benzene rings is 1. The summed E-state index contributed by atoms with van der Waals surface area (Å²) in [5.41, 5.74) is 3.28. The number of aryl methyl sites for hydroxylation is 2. The van der Waals surface area contributed by atoms with Crippen molar-refractivity contribution >= 4 is 11.0 Å². The molecule has 0 radical (unpaired) electrons. The number of nitrogens with zero attached hydrogens (tertiary/aromatic N) is 4. The molecule has 0 aliphatic heterocycles. The molecule has 26 heavy (non-hydrogen) atoms. The van der Waals surface area contributed by atoms with Crippen molar-refractivity contribution in [2.45, 2.75) is 46.8 Å². The van der Waals surface area contributed by atoms with E-state index in [1.54, 1.807) is 0 Å². The lowest BCUT2D eigenvalue weighted by Gasteiger charge is -2.21. The van der Waals surface area contributed by atoms with Crippen LogP contribution in [0.3, 0.4) is 0 Å². The van der Waals surface area contributed by atoms with Gasteiger partial charge in [-0.1, -0.05) is 26.0 Å². The summed E-state index contributed by atoms with van der Waals surface area (Å²) in [4.78, 5) is 14.6. The molecule has 0 atom stereocenters. The molecular formula is C20H29N5O. The normalized spacial score (nSPS) is 11.9. The molecule has 0 saturated carbocycles. The van der Waals surface area contributed by atoms with E-state index in [1.165, 1.54) is 5.52 Å². The molecule has 0 aliphatic rings. The maximum atomic E-state index is 9.49. The highest BCUT2D eigenvalue weighted by Crippen LogP contribution is 2.19. The number of aliphatic hydroxyl groups excluding tert-OH is 1. The molecule has 2 aromatic heterocycles. The molecule has 2 heterocycles. The lowest BCUT2D eigenvalue weighted by atomic mass is 10.1. The predicted molar refractivity (Wildman–Crippen MR) is 104 cm³/mol. The van der Waals surface area contributed by atoms with Crippen molar-refractivity contribution in [3.63, 3.8) is 0 Å². The van der Waals surface area contributed by atoms with Crippen molar-refractivity contribution in [1.29, 1.82) is 0 Å². The molecular weight excluding hydrogens is 326 g/mol. The molecule has 0 bridgehead atoms. The Labute approximate surface area is 154 Å². The number of rotatable bonds is 9. The highest BCUT2D eigenvalue weighted by Gasteiger charge is 2.15. The van der Waals surface area contributed by atoms with E-state index in [4.69, 9.17) is 4.98 Å². The van der Waals surface area contributed by atoms with Crippen molar-refractivity contribution in [3.05, 3.63) is 47.8 Å². The maximum Gasteiger partial charge on any atom is 0.124 e. The van der Waals surface area contributed by atoms with Crippen LogP contribution >= 0.6 is 0 Å². The fourth-order valence-electron chi connectivity index (χ4n) is 3.23. The van der Waals surface area contributed by atoms with Crippen LogP contribution in [0.4, 0.5) is 0 Å². The zero-order valence-electron chi connectivity index (χ0n) is 15.9. The third-order valence-electron chi connectivity index (χ3n) is 4.59. The van der Waals surface area contributed by atoms with Gasteiger partial charge in [0.2, 0.25) is 0 Å². The van der Waals surface area contributed by atoms with Gasteiger partial charge in [-0.05, 0) is 31.4 Å². The van der Waals surface area contributed by atoms with Gasteiger partial charge in [-0.25, -0.2) is 9.97 Å². The summed E-state index contributed by atoms with van der Waals surface area (Å²) in [6.45, 7) is 9.55. The average Bonchev–Trinajstić information content (AvgIpc) is 3.16. The van der Waals surface area contributed by atoms with Gasteiger partial charge in [-0.2, -0.15) is 0 Å². The van der Waals surface area contributed by atoms with E-state index in [1.807, 2.05) is 19.2 Å². The first-order valence-electron chi connectivity index (χ1n) is 9.34. The van der Waals surface area contributed by atoms with E-state index in [0.717, 1.165) is 42.4 Å². The van der Waals surface area contributed by atoms with Gasteiger partial charge in [-0.3, -0.25) is 4.90 Å². The first-order valence-corrected chi connectivity index (χ1v) is 9.34. The maximum absolute atomic E-state index is 9.49. The van der Waals surface area contributed by atoms with E-state index in [-0.39, 0.29) is 6.61 Å². The van der Waals surface area contributed by atoms with Crippen molar-refractivity contribution in [2.75, 3.05) is 13.2 Å². The fraction of sp³-hybridized carbons (Fsp3) is 0.500. The SMILES string of the molecule is Cc1ncc(CN(CCO)Cc2nc3ccccc3n2CCC(C)C)[nH]1. The van der Waals surface area contributed by atoms with Gasteiger partial charge in [0, 0.05) is 31.5 Å². The summed E-state index contributed by atoms with van der Waals surface area (Å²) < 4.78 is 2.33. The Bertz CT molecular complexity index is 836. The van der Waals surface area contributed by atoms with Crippen LogP contribution in [0, 0.1) is 12.8 Å². The number of H-pyrrole nitrogens is 1. The van der Waals surface area contributed by atoms with Crippen LogP contribution < -0.4 is 0 Å². The molecule has 0 unspecified atom stereocenters. The molecule has 3 rings (SSSR count). The number of aliphatic hydroxyl groups is 1. The van der Waals surface area contributed by atoms with Crippen LogP contribution in [0.15, 0.2) is 30.5 Å².